The van der Waals surface area contributed by atoms with Gasteiger partial charge in [-0.1, -0.05) is 45.9 Å². The first-order chi connectivity index (χ1) is 11.4. The topological polar surface area (TPSA) is 67.0 Å². The molecule has 0 aliphatic carbocycles. The average molecular weight is 394 g/mol. The van der Waals surface area contributed by atoms with Gasteiger partial charge in [-0.25, -0.2) is 0 Å². The van der Waals surface area contributed by atoms with Crippen molar-refractivity contribution in [2.75, 3.05) is 6.61 Å². The van der Waals surface area contributed by atoms with Crippen LogP contribution in [-0.4, -0.2) is 22.7 Å². The van der Waals surface area contributed by atoms with Crippen LogP contribution in [0.1, 0.15) is 55.4 Å². The van der Waals surface area contributed by atoms with Crippen LogP contribution in [0.25, 0.3) is 0 Å². The number of carbonyl (C=O) groups is 1. The third kappa shape index (κ3) is 4.60. The summed E-state index contributed by atoms with van der Waals surface area (Å²) in [5, 5.41) is 9.94. The molecule has 0 aliphatic rings. The first kappa shape index (κ1) is 18.5. The first-order valence-corrected chi connectivity index (χ1v) is 8.92. The molecule has 0 unspecified atom stereocenters. The summed E-state index contributed by atoms with van der Waals surface area (Å²) in [6.45, 7) is 9.33. The first-order valence-electron chi connectivity index (χ1n) is 8.12. The van der Waals surface area contributed by atoms with Crippen molar-refractivity contribution in [3.8, 4) is 5.75 Å². The van der Waals surface area contributed by atoms with Crippen LogP contribution in [0.5, 0.6) is 5.75 Å². The van der Waals surface area contributed by atoms with Gasteiger partial charge in [-0.3, -0.25) is 9.89 Å². The standard InChI is InChI=1S/C18H24BrN3O2/c1-11(2)10-24-14-8-6-5-7-13(14)9-20-18(23)17-15(19)16(12(3)4)21-22-17/h5-8,11-12H,9-10H2,1-4H3,(H,20,23)(H,21,22). The normalized spacial score (nSPS) is 11.1. The van der Waals surface area contributed by atoms with Crippen molar-refractivity contribution in [3.05, 3.63) is 45.7 Å². The molecule has 0 saturated heterocycles. The van der Waals surface area contributed by atoms with Gasteiger partial charge in [0.2, 0.25) is 0 Å². The van der Waals surface area contributed by atoms with Crippen molar-refractivity contribution >= 4 is 21.8 Å². The van der Waals surface area contributed by atoms with Crippen LogP contribution in [0, 0.1) is 5.92 Å². The number of rotatable bonds is 7. The van der Waals surface area contributed by atoms with E-state index >= 15 is 0 Å². The highest BCUT2D eigenvalue weighted by Crippen LogP contribution is 2.25. The highest BCUT2D eigenvalue weighted by atomic mass is 79.9. The van der Waals surface area contributed by atoms with Crippen molar-refractivity contribution in [1.82, 2.24) is 15.5 Å². The van der Waals surface area contributed by atoms with Crippen molar-refractivity contribution in [2.45, 2.75) is 40.2 Å². The van der Waals surface area contributed by atoms with Crippen LogP contribution in [-0.2, 0) is 6.54 Å². The summed E-state index contributed by atoms with van der Waals surface area (Å²) in [6.07, 6.45) is 0. The molecule has 24 heavy (non-hydrogen) atoms. The Balaban J connectivity index is 2.04. The zero-order valence-electron chi connectivity index (χ0n) is 14.5. The predicted molar refractivity (Wildman–Crippen MR) is 98.3 cm³/mol. The number of carbonyl (C=O) groups excluding carboxylic acids is 1. The third-order valence-corrected chi connectivity index (χ3v) is 4.31. The van der Waals surface area contributed by atoms with Crippen LogP contribution in [0.4, 0.5) is 0 Å². The van der Waals surface area contributed by atoms with Crippen LogP contribution in [0.3, 0.4) is 0 Å². The third-order valence-electron chi connectivity index (χ3n) is 3.51. The van der Waals surface area contributed by atoms with Gasteiger partial charge in [-0.05, 0) is 33.8 Å². The second kappa shape index (κ2) is 8.33. The second-order valence-corrected chi connectivity index (χ2v) is 7.24. The van der Waals surface area contributed by atoms with E-state index in [1.165, 1.54) is 0 Å². The fourth-order valence-corrected chi connectivity index (χ4v) is 3.00. The lowest BCUT2D eigenvalue weighted by atomic mass is 10.1. The lowest BCUT2D eigenvalue weighted by Crippen LogP contribution is -2.24. The van der Waals surface area contributed by atoms with Gasteiger partial charge in [0.05, 0.1) is 16.8 Å². The molecule has 2 rings (SSSR count). The zero-order chi connectivity index (χ0) is 17.7. The van der Waals surface area contributed by atoms with Crippen molar-refractivity contribution in [1.29, 1.82) is 0 Å². The van der Waals surface area contributed by atoms with Crippen molar-refractivity contribution in [3.63, 3.8) is 0 Å². The van der Waals surface area contributed by atoms with E-state index in [9.17, 15) is 4.79 Å². The van der Waals surface area contributed by atoms with Gasteiger partial charge in [0, 0.05) is 12.1 Å². The molecule has 1 aromatic heterocycles. The molecule has 0 atom stereocenters. The summed E-state index contributed by atoms with van der Waals surface area (Å²) < 4.78 is 6.54. The Hall–Kier alpha value is -1.82. The number of amides is 1. The van der Waals surface area contributed by atoms with Crippen LogP contribution in [0.15, 0.2) is 28.7 Å². The molecular formula is C18H24BrN3O2. The predicted octanol–water partition coefficient (Wildman–Crippen LogP) is 4.26. The second-order valence-electron chi connectivity index (χ2n) is 6.45. The quantitative estimate of drug-likeness (QED) is 0.738. The molecule has 1 heterocycles. The number of nitrogens with zero attached hydrogens (tertiary/aromatic N) is 1. The Kier molecular flexibility index (Phi) is 6.43. The smallest absolute Gasteiger partial charge is 0.273 e. The van der Waals surface area contributed by atoms with E-state index in [1.54, 1.807) is 0 Å². The Bertz CT molecular complexity index is 695. The molecule has 1 aromatic carbocycles. The summed E-state index contributed by atoms with van der Waals surface area (Å²) in [5.41, 5.74) is 2.24. The highest BCUT2D eigenvalue weighted by Gasteiger charge is 2.19. The number of nitrogens with one attached hydrogen (secondary N) is 2. The zero-order valence-corrected chi connectivity index (χ0v) is 16.1. The minimum absolute atomic E-state index is 0.219. The fraction of sp³-hybridized carbons (Fsp3) is 0.444. The summed E-state index contributed by atoms with van der Waals surface area (Å²) >= 11 is 3.45. The van der Waals surface area contributed by atoms with E-state index in [-0.39, 0.29) is 11.8 Å². The molecule has 1 amide bonds. The van der Waals surface area contributed by atoms with E-state index in [4.69, 9.17) is 4.74 Å². The van der Waals surface area contributed by atoms with Crippen LogP contribution >= 0.6 is 15.9 Å². The van der Waals surface area contributed by atoms with Crippen molar-refractivity contribution in [2.24, 2.45) is 5.92 Å². The Morgan fingerprint density at radius 3 is 2.62 bits per heavy atom. The minimum Gasteiger partial charge on any atom is -0.493 e. The van der Waals surface area contributed by atoms with Gasteiger partial charge in [-0.15, -0.1) is 0 Å². The van der Waals surface area contributed by atoms with Gasteiger partial charge in [0.1, 0.15) is 5.75 Å². The summed E-state index contributed by atoms with van der Waals surface area (Å²) in [6, 6.07) is 7.74. The lowest BCUT2D eigenvalue weighted by Gasteiger charge is -2.13. The SMILES string of the molecule is CC(C)COc1ccccc1CNC(=O)c1n[nH]c(C(C)C)c1Br. The van der Waals surface area contributed by atoms with E-state index in [0.717, 1.165) is 21.5 Å². The number of para-hydroxylation sites is 1. The molecule has 0 radical (unpaired) electrons. The largest absolute Gasteiger partial charge is 0.493 e. The number of hydrogen-bond acceptors (Lipinski definition) is 3. The molecule has 130 valence electrons. The molecule has 2 N–H and O–H groups in total. The molecule has 6 heteroatoms. The number of halogens is 1. The van der Waals surface area contributed by atoms with E-state index in [1.807, 2.05) is 38.1 Å². The number of benzene rings is 1. The minimum atomic E-state index is -0.219. The van der Waals surface area contributed by atoms with E-state index in [2.05, 4.69) is 45.3 Å². The number of ether oxygens (including phenoxy) is 1. The van der Waals surface area contributed by atoms with Gasteiger partial charge < -0.3 is 10.1 Å². The lowest BCUT2D eigenvalue weighted by molar-refractivity contribution is 0.0944. The maximum absolute atomic E-state index is 12.4. The summed E-state index contributed by atoms with van der Waals surface area (Å²) in [5.74, 6) is 1.29. The average Bonchev–Trinajstić information content (AvgIpc) is 2.93. The molecule has 5 nitrogen and oxygen atoms in total. The van der Waals surface area contributed by atoms with E-state index in [0.29, 0.717) is 24.8 Å². The molecule has 0 saturated carbocycles. The van der Waals surface area contributed by atoms with E-state index < -0.39 is 0 Å². The monoisotopic (exact) mass is 393 g/mol. The summed E-state index contributed by atoms with van der Waals surface area (Å²) in [4.78, 5) is 12.4. The maximum Gasteiger partial charge on any atom is 0.273 e. The Morgan fingerprint density at radius 2 is 2.00 bits per heavy atom. The molecule has 2 aromatic rings. The Morgan fingerprint density at radius 1 is 1.29 bits per heavy atom. The van der Waals surface area contributed by atoms with Gasteiger partial charge >= 0.3 is 0 Å². The Labute approximate surface area is 151 Å². The highest BCUT2D eigenvalue weighted by molar-refractivity contribution is 9.10. The molecular weight excluding hydrogens is 370 g/mol. The van der Waals surface area contributed by atoms with Crippen molar-refractivity contribution < 1.29 is 9.53 Å². The number of H-pyrrole nitrogens is 1. The van der Waals surface area contributed by atoms with Crippen LogP contribution < -0.4 is 10.1 Å². The number of aromatic amines is 1. The maximum atomic E-state index is 12.4. The number of aromatic nitrogens is 2. The molecule has 0 bridgehead atoms. The molecule has 0 fully saturated rings. The molecule has 0 aliphatic heterocycles. The fourth-order valence-electron chi connectivity index (χ4n) is 2.18. The van der Waals surface area contributed by atoms with Gasteiger partial charge in [-0.2, -0.15) is 5.10 Å². The number of hydrogen-bond donors (Lipinski definition) is 2. The summed E-state index contributed by atoms with van der Waals surface area (Å²) in [7, 11) is 0. The van der Waals surface area contributed by atoms with Gasteiger partial charge in [0.25, 0.3) is 5.91 Å². The molecule has 0 spiro atoms. The van der Waals surface area contributed by atoms with Crippen LogP contribution in [0.2, 0.25) is 0 Å². The van der Waals surface area contributed by atoms with Gasteiger partial charge in [0.15, 0.2) is 5.69 Å².